The van der Waals surface area contributed by atoms with Gasteiger partial charge in [-0.3, -0.25) is 9.59 Å². The lowest BCUT2D eigenvalue weighted by Crippen LogP contribution is -2.42. The molecule has 0 aromatic carbocycles. The van der Waals surface area contributed by atoms with E-state index in [4.69, 9.17) is 10.2 Å². The maximum Gasteiger partial charge on any atom is 0.320 e. The molecule has 0 radical (unpaired) electrons. The second-order valence-electron chi connectivity index (χ2n) is 5.95. The fraction of sp³-hybridized carbons (Fsp3) is 0.857. The molecule has 8 heteroatoms. The van der Waals surface area contributed by atoms with E-state index in [1.54, 1.807) is 0 Å². The number of carboxylic acid groups (broad SMARTS) is 2. The van der Waals surface area contributed by atoms with Crippen LogP contribution in [0.3, 0.4) is 0 Å². The molecule has 2 aliphatic heterocycles. The minimum absolute atomic E-state index is 0. The summed E-state index contributed by atoms with van der Waals surface area (Å²) in [4.78, 5) is 20.9. The molecule has 2 rings (SSSR count). The van der Waals surface area contributed by atoms with Crippen molar-refractivity contribution in [2.75, 3.05) is 13.1 Å². The Morgan fingerprint density at radius 3 is 1.32 bits per heavy atom. The molecule has 2 aliphatic rings. The number of rotatable bonds is 2. The first kappa shape index (κ1) is 23.7. The number of hydrogen-bond acceptors (Lipinski definition) is 4. The molecule has 0 aromatic rings. The SMILES string of the molecule is C[C@@H]1CCN[C@@H](C(=O)O)C1.C[C@H]1CCN[C@H](C(=O)O)C1.Cl.Cl. The molecule has 4 N–H and O–H groups in total. The highest BCUT2D eigenvalue weighted by Crippen LogP contribution is 2.15. The zero-order valence-electron chi connectivity index (χ0n) is 13.1. The molecule has 2 fully saturated rings. The van der Waals surface area contributed by atoms with Gasteiger partial charge in [-0.05, 0) is 50.6 Å². The highest BCUT2D eigenvalue weighted by atomic mass is 35.5. The van der Waals surface area contributed by atoms with Crippen molar-refractivity contribution in [1.29, 1.82) is 0 Å². The summed E-state index contributed by atoms with van der Waals surface area (Å²) >= 11 is 0. The lowest BCUT2D eigenvalue weighted by atomic mass is 9.94. The van der Waals surface area contributed by atoms with Crippen LogP contribution in [0.1, 0.15) is 39.5 Å². The normalized spacial score (nSPS) is 30.6. The lowest BCUT2D eigenvalue weighted by molar-refractivity contribution is -0.141. The average Bonchev–Trinajstić information content (AvgIpc) is 2.39. The van der Waals surface area contributed by atoms with Crippen LogP contribution >= 0.6 is 24.8 Å². The smallest absolute Gasteiger partial charge is 0.320 e. The molecule has 132 valence electrons. The Hall–Kier alpha value is -0.560. The molecule has 0 aromatic heterocycles. The number of halogens is 2. The minimum atomic E-state index is -0.716. The summed E-state index contributed by atoms with van der Waals surface area (Å²) < 4.78 is 0. The number of carbonyl (C=O) groups is 2. The zero-order chi connectivity index (χ0) is 15.1. The van der Waals surface area contributed by atoms with E-state index in [9.17, 15) is 9.59 Å². The Bertz CT molecular complexity index is 313. The van der Waals surface area contributed by atoms with Crippen LogP contribution < -0.4 is 10.6 Å². The number of nitrogens with one attached hydrogen (secondary N) is 2. The van der Waals surface area contributed by atoms with E-state index in [1.807, 2.05) is 0 Å². The van der Waals surface area contributed by atoms with Crippen LogP contribution in [-0.2, 0) is 9.59 Å². The Kier molecular flexibility index (Phi) is 12.9. The van der Waals surface area contributed by atoms with Crippen molar-refractivity contribution >= 4 is 36.8 Å². The summed E-state index contributed by atoms with van der Waals surface area (Å²) in [6.45, 7) is 5.88. The highest BCUT2D eigenvalue weighted by Gasteiger charge is 2.24. The van der Waals surface area contributed by atoms with E-state index < -0.39 is 11.9 Å². The third-order valence-corrected chi connectivity index (χ3v) is 3.93. The fourth-order valence-corrected chi connectivity index (χ4v) is 2.59. The van der Waals surface area contributed by atoms with Gasteiger partial charge in [0.2, 0.25) is 0 Å². The van der Waals surface area contributed by atoms with Gasteiger partial charge in [0.1, 0.15) is 12.1 Å². The van der Waals surface area contributed by atoms with Crippen LogP contribution in [0, 0.1) is 11.8 Å². The maximum atomic E-state index is 10.4. The molecule has 0 bridgehead atoms. The molecular formula is C14H28Cl2N2O4. The van der Waals surface area contributed by atoms with Crippen molar-refractivity contribution in [3.8, 4) is 0 Å². The summed E-state index contributed by atoms with van der Waals surface area (Å²) in [5.41, 5.74) is 0. The predicted octanol–water partition coefficient (Wildman–Crippen LogP) is 1.76. The van der Waals surface area contributed by atoms with Gasteiger partial charge in [-0.25, -0.2) is 0 Å². The van der Waals surface area contributed by atoms with Gasteiger partial charge >= 0.3 is 11.9 Å². The number of carboxylic acids is 2. The standard InChI is InChI=1S/2C7H13NO2.2ClH/c2*1-5-2-3-8-6(4-5)7(9)10;;/h2*5-6,8H,2-4H2,1H3,(H,9,10);2*1H/t2*5-,6-;;/m10../s1. The first-order valence-corrected chi connectivity index (χ1v) is 7.32. The molecule has 0 unspecified atom stereocenters. The van der Waals surface area contributed by atoms with Crippen molar-refractivity contribution in [1.82, 2.24) is 10.6 Å². The van der Waals surface area contributed by atoms with Gasteiger partial charge in [0, 0.05) is 0 Å². The summed E-state index contributed by atoms with van der Waals surface area (Å²) in [7, 11) is 0. The van der Waals surface area contributed by atoms with Gasteiger partial charge in [-0.1, -0.05) is 13.8 Å². The number of piperidine rings is 2. The van der Waals surface area contributed by atoms with Crippen LogP contribution in [0.5, 0.6) is 0 Å². The Morgan fingerprint density at radius 1 is 0.818 bits per heavy atom. The Balaban J connectivity index is 0. The summed E-state index contributed by atoms with van der Waals surface area (Å²) in [5, 5.41) is 23.1. The van der Waals surface area contributed by atoms with Gasteiger partial charge in [-0.15, -0.1) is 24.8 Å². The van der Waals surface area contributed by atoms with Gasteiger partial charge in [-0.2, -0.15) is 0 Å². The second-order valence-corrected chi connectivity index (χ2v) is 5.95. The molecule has 6 nitrogen and oxygen atoms in total. The highest BCUT2D eigenvalue weighted by molar-refractivity contribution is 5.85. The maximum absolute atomic E-state index is 10.4. The van der Waals surface area contributed by atoms with E-state index in [0.717, 1.165) is 38.8 Å². The van der Waals surface area contributed by atoms with E-state index in [0.29, 0.717) is 11.8 Å². The molecule has 4 atom stereocenters. The summed E-state index contributed by atoms with van der Waals surface area (Å²) in [6, 6.07) is -0.604. The first-order valence-electron chi connectivity index (χ1n) is 7.32. The molecule has 0 spiro atoms. The van der Waals surface area contributed by atoms with Gasteiger partial charge in [0.15, 0.2) is 0 Å². The van der Waals surface area contributed by atoms with E-state index in [1.165, 1.54) is 0 Å². The Labute approximate surface area is 144 Å². The van der Waals surface area contributed by atoms with Crippen molar-refractivity contribution in [2.45, 2.75) is 51.6 Å². The molecule has 2 heterocycles. The summed E-state index contributed by atoms with van der Waals surface area (Å²) in [5.74, 6) is -0.317. The number of hydrogen-bond donors (Lipinski definition) is 4. The number of aliphatic carboxylic acids is 2. The monoisotopic (exact) mass is 358 g/mol. The van der Waals surface area contributed by atoms with Gasteiger partial charge < -0.3 is 20.8 Å². The van der Waals surface area contributed by atoms with Crippen molar-refractivity contribution < 1.29 is 19.8 Å². The van der Waals surface area contributed by atoms with Crippen molar-refractivity contribution in [3.05, 3.63) is 0 Å². The third-order valence-electron chi connectivity index (χ3n) is 3.93. The van der Waals surface area contributed by atoms with Gasteiger partial charge in [0.25, 0.3) is 0 Å². The topological polar surface area (TPSA) is 98.7 Å². The lowest BCUT2D eigenvalue weighted by Gasteiger charge is -2.24. The van der Waals surface area contributed by atoms with E-state index in [-0.39, 0.29) is 36.9 Å². The van der Waals surface area contributed by atoms with Crippen LogP contribution in [0.2, 0.25) is 0 Å². The molecule has 22 heavy (non-hydrogen) atoms. The third kappa shape index (κ3) is 8.78. The van der Waals surface area contributed by atoms with Crippen LogP contribution in [0.25, 0.3) is 0 Å². The minimum Gasteiger partial charge on any atom is -0.480 e. The molecule has 2 saturated heterocycles. The predicted molar refractivity (Wildman–Crippen MR) is 90.1 cm³/mol. The van der Waals surface area contributed by atoms with Crippen LogP contribution in [-0.4, -0.2) is 47.3 Å². The van der Waals surface area contributed by atoms with Gasteiger partial charge in [0.05, 0.1) is 0 Å². The van der Waals surface area contributed by atoms with Crippen LogP contribution in [0.15, 0.2) is 0 Å². The van der Waals surface area contributed by atoms with E-state index in [2.05, 4.69) is 24.5 Å². The van der Waals surface area contributed by atoms with E-state index >= 15 is 0 Å². The van der Waals surface area contributed by atoms with Crippen molar-refractivity contribution in [2.24, 2.45) is 11.8 Å². The molecule has 0 amide bonds. The first-order chi connectivity index (χ1) is 9.40. The molecule has 0 aliphatic carbocycles. The zero-order valence-corrected chi connectivity index (χ0v) is 14.7. The molecular weight excluding hydrogens is 331 g/mol. The average molecular weight is 359 g/mol. The fourth-order valence-electron chi connectivity index (χ4n) is 2.59. The quantitative estimate of drug-likeness (QED) is 0.600. The molecule has 0 saturated carbocycles. The van der Waals surface area contributed by atoms with Crippen LogP contribution in [0.4, 0.5) is 0 Å². The summed E-state index contributed by atoms with van der Waals surface area (Å²) in [6.07, 6.45) is 3.75. The largest absolute Gasteiger partial charge is 0.480 e. The Morgan fingerprint density at radius 2 is 1.14 bits per heavy atom. The van der Waals surface area contributed by atoms with Crippen molar-refractivity contribution in [3.63, 3.8) is 0 Å². The second kappa shape index (κ2) is 11.9.